The van der Waals surface area contributed by atoms with Gasteiger partial charge in [-0.3, -0.25) is 9.59 Å². The van der Waals surface area contributed by atoms with Crippen LogP contribution in [-0.2, 0) is 6.42 Å². The number of benzene rings is 1. The summed E-state index contributed by atoms with van der Waals surface area (Å²) in [6.07, 6.45) is 2.86. The molecule has 2 aromatic rings. The van der Waals surface area contributed by atoms with Crippen molar-refractivity contribution in [3.8, 4) is 0 Å². The fraction of sp³-hybridized carbons (Fsp3) is 0.375. The second-order valence-corrected chi connectivity index (χ2v) is 6.45. The first-order valence-electron chi connectivity index (χ1n) is 7.70. The van der Waals surface area contributed by atoms with Crippen LogP contribution in [0.4, 0.5) is 5.69 Å². The maximum atomic E-state index is 12.4. The van der Waals surface area contributed by atoms with Crippen LogP contribution in [0.3, 0.4) is 0 Å². The molecule has 2 heterocycles. The second-order valence-electron chi connectivity index (χ2n) is 5.39. The molecule has 120 valence electrons. The van der Waals surface area contributed by atoms with E-state index in [1.54, 1.807) is 24.3 Å². The van der Waals surface area contributed by atoms with Gasteiger partial charge >= 0.3 is 0 Å². The van der Waals surface area contributed by atoms with E-state index in [-0.39, 0.29) is 11.8 Å². The Morgan fingerprint density at radius 2 is 2.04 bits per heavy atom. The molecule has 1 aliphatic heterocycles. The summed E-state index contributed by atoms with van der Waals surface area (Å²) < 4.78 is 0. The summed E-state index contributed by atoms with van der Waals surface area (Å²) in [6, 6.07) is 7.02. The number of hydrogen-bond acceptors (Lipinski definition) is 5. The van der Waals surface area contributed by atoms with Crippen molar-refractivity contribution >= 4 is 28.8 Å². The molecule has 1 saturated heterocycles. The van der Waals surface area contributed by atoms with Crippen LogP contribution >= 0.6 is 11.3 Å². The summed E-state index contributed by atoms with van der Waals surface area (Å²) in [5.41, 5.74) is 1.18. The molecule has 0 saturated carbocycles. The highest BCUT2D eigenvalue weighted by molar-refractivity contribution is 7.13. The van der Waals surface area contributed by atoms with E-state index in [9.17, 15) is 9.59 Å². The van der Waals surface area contributed by atoms with E-state index in [1.165, 1.54) is 11.3 Å². The van der Waals surface area contributed by atoms with Crippen molar-refractivity contribution in [2.75, 3.05) is 18.4 Å². The van der Waals surface area contributed by atoms with Gasteiger partial charge < -0.3 is 10.2 Å². The number of anilines is 1. The molecule has 6 nitrogen and oxygen atoms in total. The number of rotatable bonds is 4. The van der Waals surface area contributed by atoms with Crippen LogP contribution in [0.15, 0.2) is 24.3 Å². The molecule has 23 heavy (non-hydrogen) atoms. The molecule has 0 aliphatic carbocycles. The van der Waals surface area contributed by atoms with Crippen molar-refractivity contribution in [1.29, 1.82) is 0 Å². The second kappa shape index (κ2) is 6.87. The lowest BCUT2D eigenvalue weighted by molar-refractivity contribution is 0.0792. The number of carbonyl (C=O) groups excluding carboxylic acids is 2. The molecule has 1 aromatic heterocycles. The Morgan fingerprint density at radius 1 is 1.26 bits per heavy atom. The summed E-state index contributed by atoms with van der Waals surface area (Å²) in [7, 11) is 0. The molecule has 1 aromatic carbocycles. The summed E-state index contributed by atoms with van der Waals surface area (Å²) in [4.78, 5) is 26.4. The highest BCUT2D eigenvalue weighted by Crippen LogP contribution is 2.18. The van der Waals surface area contributed by atoms with Crippen molar-refractivity contribution < 1.29 is 9.59 Å². The van der Waals surface area contributed by atoms with Crippen LogP contribution in [0.5, 0.6) is 0 Å². The molecule has 3 rings (SSSR count). The van der Waals surface area contributed by atoms with Crippen LogP contribution in [0.25, 0.3) is 0 Å². The van der Waals surface area contributed by atoms with Crippen LogP contribution in [-0.4, -0.2) is 40.0 Å². The number of hydrogen-bond donors (Lipinski definition) is 1. The largest absolute Gasteiger partial charge is 0.339 e. The molecular formula is C16H18N4O2S. The normalized spacial score (nSPS) is 14.0. The van der Waals surface area contributed by atoms with Crippen LogP contribution in [0, 0.1) is 0 Å². The van der Waals surface area contributed by atoms with E-state index in [1.807, 2.05) is 11.8 Å². The van der Waals surface area contributed by atoms with Gasteiger partial charge in [0, 0.05) is 24.3 Å². The van der Waals surface area contributed by atoms with Gasteiger partial charge in [-0.05, 0) is 37.5 Å². The van der Waals surface area contributed by atoms with Crippen LogP contribution in [0.1, 0.15) is 44.9 Å². The Labute approximate surface area is 138 Å². The number of nitrogens with one attached hydrogen (secondary N) is 1. The third kappa shape index (κ3) is 3.56. The van der Waals surface area contributed by atoms with Gasteiger partial charge in [0.15, 0.2) is 0 Å². The Bertz CT molecular complexity index is 722. The smallest absolute Gasteiger partial charge is 0.286 e. The quantitative estimate of drug-likeness (QED) is 0.935. The highest BCUT2D eigenvalue weighted by atomic mass is 32.1. The average Bonchev–Trinajstić information content (AvgIpc) is 3.25. The van der Waals surface area contributed by atoms with Gasteiger partial charge in [0.25, 0.3) is 11.8 Å². The first-order chi connectivity index (χ1) is 11.2. The Hall–Kier alpha value is -2.28. The molecule has 1 aliphatic rings. The zero-order valence-corrected chi connectivity index (χ0v) is 13.7. The van der Waals surface area contributed by atoms with Gasteiger partial charge in [0.05, 0.1) is 0 Å². The van der Waals surface area contributed by atoms with E-state index in [2.05, 4.69) is 15.5 Å². The SMILES string of the molecule is CCc1nnc(C(=O)Nc2cccc(C(=O)N3CCCC3)c2)s1. The van der Waals surface area contributed by atoms with Crippen LogP contribution < -0.4 is 5.32 Å². The first kappa shape index (κ1) is 15.6. The number of carbonyl (C=O) groups is 2. The van der Waals surface area contributed by atoms with E-state index < -0.39 is 0 Å². The Morgan fingerprint density at radius 3 is 2.74 bits per heavy atom. The minimum atomic E-state index is -0.298. The number of aryl methyl sites for hydroxylation is 1. The fourth-order valence-electron chi connectivity index (χ4n) is 2.51. The minimum Gasteiger partial charge on any atom is -0.339 e. The Kier molecular flexibility index (Phi) is 4.66. The fourth-order valence-corrected chi connectivity index (χ4v) is 3.18. The molecule has 1 fully saturated rings. The zero-order valence-electron chi connectivity index (χ0n) is 12.9. The molecule has 0 bridgehead atoms. The van der Waals surface area contributed by atoms with Crippen molar-refractivity contribution in [2.45, 2.75) is 26.2 Å². The predicted molar refractivity (Wildman–Crippen MR) is 88.8 cm³/mol. The third-order valence-electron chi connectivity index (χ3n) is 3.72. The van der Waals surface area contributed by atoms with E-state index in [0.717, 1.165) is 37.4 Å². The number of amides is 2. The van der Waals surface area contributed by atoms with E-state index >= 15 is 0 Å². The van der Waals surface area contributed by atoms with Crippen molar-refractivity contribution in [3.05, 3.63) is 39.8 Å². The van der Waals surface area contributed by atoms with Gasteiger partial charge in [-0.1, -0.05) is 24.3 Å². The monoisotopic (exact) mass is 330 g/mol. The summed E-state index contributed by atoms with van der Waals surface area (Å²) in [6.45, 7) is 3.58. The first-order valence-corrected chi connectivity index (χ1v) is 8.52. The molecule has 0 atom stereocenters. The molecule has 7 heteroatoms. The number of nitrogens with zero attached hydrogens (tertiary/aromatic N) is 3. The summed E-state index contributed by atoms with van der Waals surface area (Å²) in [5, 5.41) is 11.8. The average molecular weight is 330 g/mol. The Balaban J connectivity index is 1.71. The molecule has 0 unspecified atom stereocenters. The van der Waals surface area contributed by atoms with E-state index in [4.69, 9.17) is 0 Å². The van der Waals surface area contributed by atoms with Gasteiger partial charge in [0.1, 0.15) is 5.01 Å². The summed E-state index contributed by atoms with van der Waals surface area (Å²) >= 11 is 1.28. The van der Waals surface area contributed by atoms with Gasteiger partial charge in [-0.15, -0.1) is 10.2 Å². The number of aromatic nitrogens is 2. The van der Waals surface area contributed by atoms with Gasteiger partial charge in [0.2, 0.25) is 5.01 Å². The maximum Gasteiger partial charge on any atom is 0.286 e. The van der Waals surface area contributed by atoms with Gasteiger partial charge in [-0.2, -0.15) is 0 Å². The number of likely N-dealkylation sites (tertiary alicyclic amines) is 1. The topological polar surface area (TPSA) is 75.2 Å². The third-order valence-corrected chi connectivity index (χ3v) is 4.79. The minimum absolute atomic E-state index is 0.0165. The lowest BCUT2D eigenvalue weighted by atomic mass is 10.1. The lowest BCUT2D eigenvalue weighted by Crippen LogP contribution is -2.27. The molecule has 0 spiro atoms. The molecular weight excluding hydrogens is 312 g/mol. The predicted octanol–water partition coefficient (Wildman–Crippen LogP) is 2.59. The molecule has 1 N–H and O–H groups in total. The highest BCUT2D eigenvalue weighted by Gasteiger charge is 2.20. The zero-order chi connectivity index (χ0) is 16.2. The van der Waals surface area contributed by atoms with E-state index in [0.29, 0.717) is 16.3 Å². The van der Waals surface area contributed by atoms with Crippen LogP contribution in [0.2, 0.25) is 0 Å². The van der Waals surface area contributed by atoms with Crippen molar-refractivity contribution in [2.24, 2.45) is 0 Å². The van der Waals surface area contributed by atoms with Crippen molar-refractivity contribution in [1.82, 2.24) is 15.1 Å². The summed E-state index contributed by atoms with van der Waals surface area (Å²) in [5.74, 6) is -0.282. The standard InChI is InChI=1S/C16H18N4O2S/c1-2-13-18-19-15(23-13)14(21)17-12-7-5-6-11(10-12)16(22)20-8-3-4-9-20/h5-7,10H,2-4,8-9H2,1H3,(H,17,21). The maximum absolute atomic E-state index is 12.4. The lowest BCUT2D eigenvalue weighted by Gasteiger charge is -2.15. The molecule has 0 radical (unpaired) electrons. The van der Waals surface area contributed by atoms with Crippen molar-refractivity contribution in [3.63, 3.8) is 0 Å². The van der Waals surface area contributed by atoms with Gasteiger partial charge in [-0.25, -0.2) is 0 Å². The molecule has 2 amide bonds.